The number of carboxylic acids is 2. The molecule has 0 saturated heterocycles. The summed E-state index contributed by atoms with van der Waals surface area (Å²) in [5.41, 5.74) is 13.6. The molecular weight excluding hydrogens is 1060 g/mol. The van der Waals surface area contributed by atoms with Crippen molar-refractivity contribution in [2.45, 2.75) is 120 Å². The van der Waals surface area contributed by atoms with Crippen LogP contribution in [0.4, 0.5) is 0 Å². The monoisotopic (exact) mass is 1130 g/mol. The van der Waals surface area contributed by atoms with E-state index in [0.29, 0.717) is 35.2 Å². The predicted octanol–water partition coefficient (Wildman–Crippen LogP) is -2.34. The summed E-state index contributed by atoms with van der Waals surface area (Å²) < 4.78 is 0. The highest BCUT2D eigenvalue weighted by molar-refractivity contribution is 5.98. The van der Waals surface area contributed by atoms with Gasteiger partial charge in [-0.1, -0.05) is 68.4 Å². The van der Waals surface area contributed by atoms with E-state index >= 15 is 0 Å². The van der Waals surface area contributed by atoms with Crippen LogP contribution in [-0.2, 0) is 73.6 Å². The largest absolute Gasteiger partial charge is 0.508 e. The summed E-state index contributed by atoms with van der Waals surface area (Å²) in [5.74, 6) is -11.1. The number of carboxylic acid groups (broad SMARTS) is 2. The van der Waals surface area contributed by atoms with Crippen molar-refractivity contribution in [3.05, 3.63) is 114 Å². The first-order chi connectivity index (χ1) is 38.5. The van der Waals surface area contributed by atoms with Crippen LogP contribution in [0.2, 0.25) is 0 Å². The van der Waals surface area contributed by atoms with Crippen molar-refractivity contribution in [3.63, 3.8) is 0 Å². The molecule has 0 spiro atoms. The van der Waals surface area contributed by atoms with Crippen molar-refractivity contribution in [1.29, 1.82) is 0 Å². The molecule has 0 aliphatic rings. The number of aromatic hydroxyl groups is 2. The molecule has 0 unspecified atom stereocenters. The number of rotatable bonds is 34. The number of H-pyrrole nitrogens is 1. The van der Waals surface area contributed by atoms with E-state index in [1.54, 1.807) is 30.3 Å². The highest BCUT2D eigenvalue weighted by Crippen LogP contribution is 2.15. The molecule has 1 aromatic heterocycles. The third-order valence-corrected chi connectivity index (χ3v) is 12.4. The minimum atomic E-state index is -1.97. The average molecular weight is 1130 g/mol. The summed E-state index contributed by atoms with van der Waals surface area (Å²) in [6.07, 6.45) is 2.19. The molecule has 0 aliphatic carbocycles. The lowest BCUT2D eigenvalue weighted by Gasteiger charge is -2.26. The normalized spacial score (nSPS) is 14.0. The van der Waals surface area contributed by atoms with E-state index in [1.165, 1.54) is 61.1 Å². The molecule has 3 aromatic carbocycles. The molecule has 27 heteroatoms. The summed E-state index contributed by atoms with van der Waals surface area (Å²) in [6, 6.07) is 7.49. The highest BCUT2D eigenvalue weighted by Gasteiger charge is 2.35. The number of nitrogens with zero attached hydrogens (tertiary/aromatic N) is 1. The van der Waals surface area contributed by atoms with Gasteiger partial charge in [-0.05, 0) is 79.1 Å². The molecule has 8 amide bonds. The van der Waals surface area contributed by atoms with Crippen LogP contribution in [0.25, 0.3) is 0 Å². The van der Waals surface area contributed by atoms with Gasteiger partial charge in [0.15, 0.2) is 0 Å². The summed E-state index contributed by atoms with van der Waals surface area (Å²) in [5, 5.41) is 69.1. The van der Waals surface area contributed by atoms with E-state index in [2.05, 4.69) is 52.5 Å². The molecule has 0 radical (unpaired) electrons. The molecule has 81 heavy (non-hydrogen) atoms. The summed E-state index contributed by atoms with van der Waals surface area (Å²) in [7, 11) is 0. The maximum absolute atomic E-state index is 14.0. The summed E-state index contributed by atoms with van der Waals surface area (Å²) in [4.78, 5) is 141. The fraction of sp³-hybridized carbons (Fsp3) is 0.426. The van der Waals surface area contributed by atoms with E-state index in [4.69, 9.17) is 11.5 Å². The molecule has 8 atom stereocenters. The van der Waals surface area contributed by atoms with Crippen molar-refractivity contribution in [2.24, 2.45) is 17.4 Å². The van der Waals surface area contributed by atoms with Crippen LogP contribution in [0.5, 0.6) is 11.5 Å². The lowest BCUT2D eigenvalue weighted by atomic mass is 10.0. The molecule has 0 aliphatic heterocycles. The van der Waals surface area contributed by atoms with Gasteiger partial charge >= 0.3 is 11.9 Å². The van der Waals surface area contributed by atoms with Crippen LogP contribution in [0, 0.1) is 5.92 Å². The molecule has 1 heterocycles. The number of aromatic nitrogens is 2. The van der Waals surface area contributed by atoms with E-state index in [-0.39, 0.29) is 62.5 Å². The maximum Gasteiger partial charge on any atom is 0.326 e. The lowest BCUT2D eigenvalue weighted by Crippen LogP contribution is -2.60. The first-order valence-corrected chi connectivity index (χ1v) is 26.0. The second kappa shape index (κ2) is 32.8. The number of phenolic OH excluding ortho intramolecular Hbond substituents is 2. The number of carbonyl (C=O) groups is 10. The number of unbranched alkanes of at least 4 members (excludes halogenated alkanes) is 1. The number of hydrogen-bond acceptors (Lipinski definition) is 16. The van der Waals surface area contributed by atoms with Gasteiger partial charge in [-0.15, -0.1) is 0 Å². The van der Waals surface area contributed by atoms with Gasteiger partial charge in [0.1, 0.15) is 53.8 Å². The molecule has 4 rings (SSSR count). The molecule has 0 bridgehead atoms. The number of aliphatic hydroxyl groups excluding tert-OH is 1. The Morgan fingerprint density at radius 3 is 1.53 bits per heavy atom. The fourth-order valence-electron chi connectivity index (χ4n) is 8.15. The molecule has 4 aromatic rings. The quantitative estimate of drug-likeness (QED) is 0.0218. The number of hydrogen-bond donors (Lipinski definition) is 16. The Hall–Kier alpha value is -8.95. The van der Waals surface area contributed by atoms with E-state index < -0.39 is 127 Å². The van der Waals surface area contributed by atoms with Crippen molar-refractivity contribution in [2.75, 3.05) is 19.7 Å². The van der Waals surface area contributed by atoms with Crippen LogP contribution >= 0.6 is 0 Å². The van der Waals surface area contributed by atoms with Crippen LogP contribution in [0.15, 0.2) is 91.4 Å². The fourth-order valence-corrected chi connectivity index (χ4v) is 8.15. The smallest absolute Gasteiger partial charge is 0.326 e. The first-order valence-electron chi connectivity index (χ1n) is 26.0. The minimum absolute atomic E-state index is 0.0218. The third kappa shape index (κ3) is 22.7. The third-order valence-electron chi connectivity index (χ3n) is 12.4. The maximum atomic E-state index is 14.0. The molecular formula is C54H72N12O15. The summed E-state index contributed by atoms with van der Waals surface area (Å²) in [6.45, 7) is 2.00. The Morgan fingerprint density at radius 1 is 0.556 bits per heavy atom. The van der Waals surface area contributed by atoms with E-state index in [9.17, 15) is 73.5 Å². The second-order valence-corrected chi connectivity index (χ2v) is 19.6. The minimum Gasteiger partial charge on any atom is -0.508 e. The van der Waals surface area contributed by atoms with Gasteiger partial charge in [-0.25, -0.2) is 9.78 Å². The van der Waals surface area contributed by atoms with Gasteiger partial charge in [-0.2, -0.15) is 0 Å². The topological polar surface area (TPSA) is 449 Å². The van der Waals surface area contributed by atoms with Gasteiger partial charge in [0.2, 0.25) is 47.3 Å². The number of amides is 8. The van der Waals surface area contributed by atoms with Crippen LogP contribution in [-0.4, -0.2) is 163 Å². The summed E-state index contributed by atoms with van der Waals surface area (Å²) >= 11 is 0. The lowest BCUT2D eigenvalue weighted by molar-refractivity contribution is -0.143. The van der Waals surface area contributed by atoms with Crippen molar-refractivity contribution < 1.29 is 73.5 Å². The first kappa shape index (κ1) is 64.6. The number of nitrogens with one attached hydrogen (secondary N) is 9. The number of phenols is 2. The van der Waals surface area contributed by atoms with Gasteiger partial charge in [0.25, 0.3) is 0 Å². The Labute approximate surface area is 466 Å². The van der Waals surface area contributed by atoms with Crippen molar-refractivity contribution >= 4 is 59.2 Å². The molecule has 0 saturated carbocycles. The zero-order chi connectivity index (χ0) is 59.6. The van der Waals surface area contributed by atoms with Gasteiger partial charge < -0.3 is 84.5 Å². The molecule has 27 nitrogen and oxygen atoms in total. The number of benzene rings is 3. The molecule has 438 valence electrons. The zero-order valence-electron chi connectivity index (χ0n) is 44.8. The second-order valence-electron chi connectivity index (χ2n) is 19.6. The number of aliphatic carboxylic acids is 2. The average Bonchev–Trinajstić information content (AvgIpc) is 3.95. The van der Waals surface area contributed by atoms with Crippen molar-refractivity contribution in [3.8, 4) is 11.5 Å². The van der Waals surface area contributed by atoms with Crippen LogP contribution < -0.4 is 54.0 Å². The Morgan fingerprint density at radius 2 is 1.02 bits per heavy atom. The predicted molar refractivity (Wildman–Crippen MR) is 290 cm³/mol. The van der Waals surface area contributed by atoms with E-state index in [1.807, 2.05) is 13.8 Å². The SMILES string of the molecule is CC(C)C[C@H](NC(=O)[C@@H](N)Cc1cnc[nH]1)C(=O)N[C@@H](Cc1ccccc1)C(=O)NCC(=O)N[C@@H](Cc1ccc(O)cc1)C(=O)N[C@@H](CO)C(=O)N[C@@H](CC(=O)O)C(=O)N[C@@H](Cc1ccc(O)cc1)C(=O)N[C@@H](CCCCN)C(=O)O. The number of nitrogens with two attached hydrogens (primary N) is 2. The van der Waals surface area contributed by atoms with Crippen LogP contribution in [0.1, 0.15) is 68.3 Å². The Balaban J connectivity index is 1.51. The Bertz CT molecular complexity index is 2730. The number of imidazole rings is 1. The van der Waals surface area contributed by atoms with E-state index in [0.717, 1.165) is 0 Å². The number of carbonyl (C=O) groups excluding carboxylic acids is 8. The number of aliphatic hydroxyl groups is 1. The standard InChI is InChI=1S/C54H72N12O15/c1-30(2)20-39(62-47(73)37(56)24-34-26-57-29-59-34)49(75)63-40(21-31-8-4-3-5-9-31)48(74)58-27-45(70)60-41(22-32-11-15-35(68)16-12-32)50(76)66-44(28-67)53(79)65-43(25-46(71)72)52(78)64-42(23-33-13-17-36(69)18-14-33)51(77)61-38(54(80)81)10-6-7-19-55/h3-5,8-9,11-18,26,29-30,37-44,67-69H,6-7,10,19-25,27-28,55-56H2,1-2H3,(H,57,59)(H,58,74)(H,60,70)(H,61,77)(H,62,73)(H,63,75)(H,64,78)(H,65,79)(H,66,76)(H,71,72)(H,80,81)/t37-,38-,39-,40-,41-,42-,43-,44-/m0/s1. The van der Waals surface area contributed by atoms with Crippen LogP contribution in [0.3, 0.4) is 0 Å². The Kier molecular flexibility index (Phi) is 26.2. The van der Waals surface area contributed by atoms with Crippen molar-refractivity contribution in [1.82, 2.24) is 52.5 Å². The zero-order valence-corrected chi connectivity index (χ0v) is 44.8. The molecule has 18 N–H and O–H groups in total. The molecule has 0 fully saturated rings. The van der Waals surface area contributed by atoms with Gasteiger partial charge in [-0.3, -0.25) is 43.2 Å². The van der Waals surface area contributed by atoms with Gasteiger partial charge in [0.05, 0.1) is 31.9 Å². The highest BCUT2D eigenvalue weighted by atomic mass is 16.4. The number of aromatic amines is 1. The van der Waals surface area contributed by atoms with Gasteiger partial charge in [0, 0.05) is 37.6 Å².